The van der Waals surface area contributed by atoms with Crippen LogP contribution >= 0.6 is 11.8 Å². The molecule has 1 aromatic carbocycles. The van der Waals surface area contributed by atoms with Gasteiger partial charge >= 0.3 is 0 Å². The van der Waals surface area contributed by atoms with Crippen LogP contribution < -0.4 is 22.8 Å². The lowest BCUT2D eigenvalue weighted by molar-refractivity contribution is -0.106. The molecule has 1 aromatic heterocycles. The van der Waals surface area contributed by atoms with E-state index in [2.05, 4.69) is 32.9 Å². The van der Waals surface area contributed by atoms with Gasteiger partial charge in [-0.3, -0.25) is 9.79 Å². The summed E-state index contributed by atoms with van der Waals surface area (Å²) >= 11 is 1.70. The van der Waals surface area contributed by atoms with Gasteiger partial charge in [-0.15, -0.1) is 11.8 Å². The van der Waals surface area contributed by atoms with E-state index in [0.29, 0.717) is 11.8 Å². The highest BCUT2D eigenvalue weighted by Gasteiger charge is 2.20. The number of hydrogen-bond donors (Lipinski definition) is 4. The van der Waals surface area contributed by atoms with Crippen LogP contribution in [0.4, 0.5) is 0 Å². The molecule has 2 aromatic rings. The van der Waals surface area contributed by atoms with Crippen molar-refractivity contribution < 1.29 is 9.21 Å². The number of amides is 1. The number of carbonyl (C=O) groups excluding carboxylic acids is 1. The minimum atomic E-state index is 0.250. The molecule has 1 fully saturated rings. The standard InChI is InChI=1S/C21H25N5OS.CH3NO/c1-28-14-19(15-4-2-5-15)24-13-3-6-18-11-12-20(27-18)16-7-9-17(10-8-16)21(25-22)26-23;2-1-3/h3,6-15H,2,4-5,22-23H2,1H3,(H,25,26);1H,(H2,2,3)/b6-3+,19-14-,24-13-;. The van der Waals surface area contributed by atoms with Crippen molar-refractivity contribution in [2.45, 2.75) is 19.3 Å². The number of allylic oxidation sites excluding steroid dienone is 2. The number of amidine groups is 1. The third-order valence-electron chi connectivity index (χ3n) is 4.67. The number of hydrazine groups is 1. The molecule has 0 saturated heterocycles. The lowest BCUT2D eigenvalue weighted by Gasteiger charge is -2.25. The van der Waals surface area contributed by atoms with E-state index >= 15 is 0 Å². The maximum atomic E-state index is 8.58. The molecule has 0 atom stereocenters. The van der Waals surface area contributed by atoms with Gasteiger partial charge in [-0.05, 0) is 48.8 Å². The molecule has 164 valence electrons. The molecule has 0 unspecified atom stereocenters. The quantitative estimate of drug-likeness (QED) is 0.171. The third kappa shape index (κ3) is 7.16. The zero-order valence-electron chi connectivity index (χ0n) is 17.4. The Morgan fingerprint density at radius 1 is 1.23 bits per heavy atom. The summed E-state index contributed by atoms with van der Waals surface area (Å²) in [6.07, 6.45) is 11.8. The SMILES string of the molecule is CS\C=C(/N=C\C=C\c1ccc(-c2ccc(/C(=N/N)NN)cc2)o1)C1CCC1.NC=O. The molecule has 0 aliphatic heterocycles. The minimum absolute atomic E-state index is 0.250. The highest BCUT2D eigenvalue weighted by atomic mass is 32.2. The first kappa shape index (κ1) is 24.0. The number of benzene rings is 1. The number of rotatable bonds is 7. The smallest absolute Gasteiger partial charge is 0.204 e. The number of primary amides is 1. The second-order valence-corrected chi connectivity index (χ2v) is 7.29. The predicted molar refractivity (Wildman–Crippen MR) is 129 cm³/mol. The van der Waals surface area contributed by atoms with Gasteiger partial charge in [0.25, 0.3) is 0 Å². The van der Waals surface area contributed by atoms with E-state index in [-0.39, 0.29) is 6.41 Å². The van der Waals surface area contributed by atoms with E-state index in [1.54, 1.807) is 11.8 Å². The molecule has 1 saturated carbocycles. The van der Waals surface area contributed by atoms with Crippen LogP contribution in [0.25, 0.3) is 17.4 Å². The second-order valence-electron chi connectivity index (χ2n) is 6.58. The van der Waals surface area contributed by atoms with Gasteiger partial charge < -0.3 is 21.4 Å². The summed E-state index contributed by atoms with van der Waals surface area (Å²) in [6, 6.07) is 11.5. The van der Waals surface area contributed by atoms with Crippen molar-refractivity contribution in [3.63, 3.8) is 0 Å². The van der Waals surface area contributed by atoms with Crippen LogP contribution in [-0.4, -0.2) is 24.7 Å². The normalized spacial score (nSPS) is 14.9. The van der Waals surface area contributed by atoms with Gasteiger partial charge in [-0.2, -0.15) is 5.10 Å². The van der Waals surface area contributed by atoms with Gasteiger partial charge in [0.05, 0.1) is 0 Å². The molecule has 0 spiro atoms. The Labute approximate surface area is 186 Å². The van der Waals surface area contributed by atoms with Crippen molar-refractivity contribution in [2.24, 2.45) is 33.4 Å². The molecule has 9 heteroatoms. The maximum absolute atomic E-state index is 8.58. The van der Waals surface area contributed by atoms with E-state index in [1.807, 2.05) is 54.8 Å². The highest BCUT2D eigenvalue weighted by molar-refractivity contribution is 8.01. The van der Waals surface area contributed by atoms with E-state index in [0.717, 1.165) is 22.6 Å². The first-order valence-electron chi connectivity index (χ1n) is 9.70. The first-order chi connectivity index (χ1) is 15.2. The molecular formula is C22H28N6O2S. The van der Waals surface area contributed by atoms with Crippen molar-refractivity contribution in [1.82, 2.24) is 5.43 Å². The number of thioether (sulfide) groups is 1. The average molecular weight is 441 g/mol. The van der Waals surface area contributed by atoms with Crippen LogP contribution in [0.15, 0.2) is 68.1 Å². The van der Waals surface area contributed by atoms with E-state index in [4.69, 9.17) is 20.9 Å². The fourth-order valence-corrected chi connectivity index (χ4v) is 3.40. The Bertz CT molecular complexity index is 943. The monoisotopic (exact) mass is 440 g/mol. The minimum Gasteiger partial charge on any atom is -0.457 e. The van der Waals surface area contributed by atoms with Gasteiger partial charge in [0, 0.05) is 29.0 Å². The van der Waals surface area contributed by atoms with Crippen LogP contribution in [0, 0.1) is 5.92 Å². The van der Waals surface area contributed by atoms with Crippen molar-refractivity contribution in [2.75, 3.05) is 6.26 Å². The Morgan fingerprint density at radius 3 is 2.48 bits per heavy atom. The summed E-state index contributed by atoms with van der Waals surface area (Å²) in [5, 5.41) is 5.74. The number of hydrazone groups is 1. The predicted octanol–water partition coefficient (Wildman–Crippen LogP) is 3.22. The molecule has 0 radical (unpaired) electrons. The molecule has 31 heavy (non-hydrogen) atoms. The number of hydrogen-bond acceptors (Lipinski definition) is 7. The summed E-state index contributed by atoms with van der Waals surface area (Å²) in [5.74, 6) is 13.3. The molecule has 1 aliphatic rings. The summed E-state index contributed by atoms with van der Waals surface area (Å²) < 4.78 is 5.89. The van der Waals surface area contributed by atoms with Crippen LogP contribution in [-0.2, 0) is 4.79 Å². The molecular weight excluding hydrogens is 412 g/mol. The third-order valence-corrected chi connectivity index (χ3v) is 5.14. The highest BCUT2D eigenvalue weighted by Crippen LogP contribution is 2.34. The van der Waals surface area contributed by atoms with Crippen LogP contribution in [0.3, 0.4) is 0 Å². The Kier molecular flexibility index (Phi) is 10.1. The Hall–Kier alpha value is -3.30. The van der Waals surface area contributed by atoms with Crippen LogP contribution in [0.5, 0.6) is 0 Å². The zero-order valence-corrected chi connectivity index (χ0v) is 18.2. The summed E-state index contributed by atoms with van der Waals surface area (Å²) in [4.78, 5) is 13.2. The van der Waals surface area contributed by atoms with Crippen LogP contribution in [0.2, 0.25) is 0 Å². The summed E-state index contributed by atoms with van der Waals surface area (Å²) in [7, 11) is 0. The second kappa shape index (κ2) is 13.1. The lowest BCUT2D eigenvalue weighted by atomic mass is 9.83. The maximum Gasteiger partial charge on any atom is 0.204 e. The lowest BCUT2D eigenvalue weighted by Crippen LogP contribution is -2.31. The summed E-state index contributed by atoms with van der Waals surface area (Å²) in [6.45, 7) is 0. The van der Waals surface area contributed by atoms with E-state index < -0.39 is 0 Å². The molecule has 1 heterocycles. The fourth-order valence-electron chi connectivity index (χ4n) is 2.91. The van der Waals surface area contributed by atoms with E-state index in [9.17, 15) is 0 Å². The van der Waals surface area contributed by atoms with Gasteiger partial charge in [0.1, 0.15) is 11.5 Å². The molecule has 1 amide bonds. The van der Waals surface area contributed by atoms with E-state index in [1.165, 1.54) is 25.0 Å². The van der Waals surface area contributed by atoms with Crippen molar-refractivity contribution >= 4 is 36.3 Å². The molecule has 1 aliphatic carbocycles. The average Bonchev–Trinajstić information content (AvgIpc) is 3.21. The number of nitrogens with zero attached hydrogens (tertiary/aromatic N) is 2. The molecule has 7 N–H and O–H groups in total. The number of aliphatic imine (C=N–C) groups is 1. The largest absolute Gasteiger partial charge is 0.457 e. The topological polar surface area (TPSA) is 145 Å². The number of nitrogens with one attached hydrogen (secondary N) is 1. The number of nitrogens with two attached hydrogens (primary N) is 3. The fraction of sp³-hybridized carbons (Fsp3) is 0.227. The first-order valence-corrected chi connectivity index (χ1v) is 11.0. The Morgan fingerprint density at radius 2 is 1.94 bits per heavy atom. The van der Waals surface area contributed by atoms with Crippen molar-refractivity contribution in [3.8, 4) is 11.3 Å². The van der Waals surface area contributed by atoms with Gasteiger partial charge in [-0.1, -0.05) is 30.7 Å². The zero-order chi connectivity index (χ0) is 22.5. The van der Waals surface area contributed by atoms with Crippen LogP contribution in [0.1, 0.15) is 30.6 Å². The van der Waals surface area contributed by atoms with Crippen molar-refractivity contribution in [1.29, 1.82) is 0 Å². The molecule has 8 nitrogen and oxygen atoms in total. The number of carbonyl (C=O) groups is 1. The number of furan rings is 1. The molecule has 0 bridgehead atoms. The van der Waals surface area contributed by atoms with Gasteiger partial charge in [-0.25, -0.2) is 5.84 Å². The summed E-state index contributed by atoms with van der Waals surface area (Å²) in [5.41, 5.74) is 9.57. The molecule has 3 rings (SSSR count). The van der Waals surface area contributed by atoms with Gasteiger partial charge in [0.2, 0.25) is 6.41 Å². The van der Waals surface area contributed by atoms with Crippen molar-refractivity contribution in [3.05, 3.63) is 64.9 Å². The Balaban J connectivity index is 0.00000107. The van der Waals surface area contributed by atoms with Gasteiger partial charge in [0.15, 0.2) is 5.84 Å².